The van der Waals surface area contributed by atoms with E-state index in [2.05, 4.69) is 34.5 Å². The number of rotatable bonds is 3. The molecule has 1 N–H and O–H groups in total. The van der Waals surface area contributed by atoms with Crippen LogP contribution in [0.4, 0.5) is 5.69 Å². The zero-order chi connectivity index (χ0) is 18.5. The zero-order valence-corrected chi connectivity index (χ0v) is 15.5. The summed E-state index contributed by atoms with van der Waals surface area (Å²) in [6, 6.07) is 18.5. The van der Waals surface area contributed by atoms with E-state index in [0.717, 1.165) is 46.9 Å². The van der Waals surface area contributed by atoms with Crippen LogP contribution in [0.15, 0.2) is 59.6 Å². The number of nitriles is 1. The van der Waals surface area contributed by atoms with Gasteiger partial charge in [-0.2, -0.15) is 5.26 Å². The molecule has 0 atom stereocenters. The van der Waals surface area contributed by atoms with Gasteiger partial charge in [0.1, 0.15) is 5.84 Å². The normalized spacial score (nSPS) is 19.7. The maximum Gasteiger partial charge on any atom is 0.133 e. The van der Waals surface area contributed by atoms with Crippen molar-refractivity contribution >= 4 is 17.1 Å². The topological polar surface area (TPSA) is 51.4 Å². The van der Waals surface area contributed by atoms with Crippen molar-refractivity contribution in [3.05, 3.63) is 71.3 Å². The van der Waals surface area contributed by atoms with Crippen LogP contribution in [0.1, 0.15) is 36.0 Å². The van der Waals surface area contributed by atoms with E-state index in [1.54, 1.807) is 6.08 Å². The highest BCUT2D eigenvalue weighted by Gasteiger charge is 2.21. The fourth-order valence-electron chi connectivity index (χ4n) is 3.92. The van der Waals surface area contributed by atoms with Crippen molar-refractivity contribution in [3.8, 4) is 6.07 Å². The molecule has 2 heterocycles. The van der Waals surface area contributed by atoms with E-state index in [9.17, 15) is 5.26 Å². The molecule has 1 saturated heterocycles. The molecule has 2 aliphatic heterocycles. The molecule has 0 aliphatic carbocycles. The molecular weight excluding hydrogens is 332 g/mol. The molecule has 136 valence electrons. The number of nitrogens with one attached hydrogen (secondary N) is 1. The summed E-state index contributed by atoms with van der Waals surface area (Å²) in [5.41, 5.74) is 5.07. The fourth-order valence-corrected chi connectivity index (χ4v) is 3.92. The predicted molar refractivity (Wildman–Crippen MR) is 111 cm³/mol. The van der Waals surface area contributed by atoms with Crippen molar-refractivity contribution in [2.75, 3.05) is 31.5 Å². The summed E-state index contributed by atoms with van der Waals surface area (Å²) in [7, 11) is 0. The van der Waals surface area contributed by atoms with Gasteiger partial charge in [0.25, 0.3) is 0 Å². The van der Waals surface area contributed by atoms with Gasteiger partial charge in [0.05, 0.1) is 12.6 Å². The van der Waals surface area contributed by atoms with Crippen LogP contribution in [0.2, 0.25) is 0 Å². The number of para-hydroxylation sites is 1. The van der Waals surface area contributed by atoms with Crippen molar-refractivity contribution in [2.24, 2.45) is 4.99 Å². The minimum Gasteiger partial charge on any atom is -0.340 e. The van der Waals surface area contributed by atoms with Crippen molar-refractivity contribution in [1.82, 2.24) is 4.90 Å². The van der Waals surface area contributed by atoms with E-state index in [-0.39, 0.29) is 0 Å². The average molecular weight is 356 g/mol. The first-order chi connectivity index (χ1) is 13.4. The molecule has 2 aliphatic rings. The summed E-state index contributed by atoms with van der Waals surface area (Å²) in [5.74, 6) is 0.886. The van der Waals surface area contributed by atoms with Crippen LogP contribution in [-0.2, 0) is 0 Å². The lowest BCUT2D eigenvalue weighted by Crippen LogP contribution is -2.32. The first-order valence-corrected chi connectivity index (χ1v) is 9.69. The zero-order valence-electron chi connectivity index (χ0n) is 15.5. The van der Waals surface area contributed by atoms with E-state index < -0.39 is 0 Å². The third kappa shape index (κ3) is 3.79. The summed E-state index contributed by atoms with van der Waals surface area (Å²) in [6.45, 7) is 4.14. The monoisotopic (exact) mass is 356 g/mol. The summed E-state index contributed by atoms with van der Waals surface area (Å²) in [5, 5.41) is 12.9. The molecule has 0 bridgehead atoms. The number of likely N-dealkylation sites (tertiary alicyclic amines) is 1. The minimum absolute atomic E-state index is 0.774. The van der Waals surface area contributed by atoms with Crippen LogP contribution in [0, 0.1) is 11.3 Å². The molecule has 4 nitrogen and oxygen atoms in total. The molecule has 1 fully saturated rings. The Labute approximate surface area is 160 Å². The average Bonchev–Trinajstić information content (AvgIpc) is 2.85. The Bertz CT molecular complexity index is 914. The first kappa shape index (κ1) is 17.5. The molecule has 27 heavy (non-hydrogen) atoms. The van der Waals surface area contributed by atoms with Gasteiger partial charge in [-0.15, -0.1) is 0 Å². The second-order valence-corrected chi connectivity index (χ2v) is 7.04. The Hall–Kier alpha value is -2.90. The summed E-state index contributed by atoms with van der Waals surface area (Å²) >= 11 is 0. The van der Waals surface area contributed by atoms with Gasteiger partial charge >= 0.3 is 0 Å². The van der Waals surface area contributed by atoms with Crippen molar-refractivity contribution in [1.29, 1.82) is 5.26 Å². The highest BCUT2D eigenvalue weighted by atomic mass is 15.1. The van der Waals surface area contributed by atoms with E-state index in [1.165, 1.54) is 32.4 Å². The second-order valence-electron chi connectivity index (χ2n) is 7.04. The van der Waals surface area contributed by atoms with Gasteiger partial charge in [0, 0.05) is 35.0 Å². The van der Waals surface area contributed by atoms with Crippen LogP contribution in [-0.4, -0.2) is 36.9 Å². The Morgan fingerprint density at radius 2 is 1.67 bits per heavy atom. The number of fused-ring (bicyclic) bond motifs is 2. The maximum absolute atomic E-state index is 9.33. The largest absolute Gasteiger partial charge is 0.340 e. The summed E-state index contributed by atoms with van der Waals surface area (Å²) < 4.78 is 0. The molecule has 0 aromatic heterocycles. The van der Waals surface area contributed by atoms with Gasteiger partial charge in [-0.25, -0.2) is 0 Å². The smallest absolute Gasteiger partial charge is 0.133 e. The highest BCUT2D eigenvalue weighted by molar-refractivity contribution is 6.15. The Kier molecular flexibility index (Phi) is 5.32. The number of benzene rings is 2. The number of hydrogen-bond acceptors (Lipinski definition) is 3. The van der Waals surface area contributed by atoms with Crippen molar-refractivity contribution in [2.45, 2.75) is 19.3 Å². The van der Waals surface area contributed by atoms with Crippen LogP contribution in [0.25, 0.3) is 5.57 Å². The number of aliphatic imine (C=N–C) groups is 1. The Balaban J connectivity index is 1.70. The van der Waals surface area contributed by atoms with Gasteiger partial charge < -0.3 is 10.2 Å². The standard InChI is InChI=1S/C23H24N4/c24-13-12-19-18-8-2-3-10-21(18)23(26-22-11-5-4-9-20(19)22)25-14-17-27-15-6-1-7-16-27/h2-5,8-12H,1,6-7,14-17H2,(H,25,26)/b19-12+. The lowest BCUT2D eigenvalue weighted by atomic mass is 9.94. The number of allylic oxidation sites excluding steroid dienone is 1. The second kappa shape index (κ2) is 8.20. The summed E-state index contributed by atoms with van der Waals surface area (Å²) in [6.07, 6.45) is 5.58. The molecule has 0 spiro atoms. The minimum atomic E-state index is 0.774. The van der Waals surface area contributed by atoms with Crippen LogP contribution in [0.5, 0.6) is 0 Å². The Morgan fingerprint density at radius 3 is 2.44 bits per heavy atom. The number of anilines is 1. The number of hydrogen-bond donors (Lipinski definition) is 1. The summed E-state index contributed by atoms with van der Waals surface area (Å²) in [4.78, 5) is 7.43. The van der Waals surface area contributed by atoms with E-state index in [4.69, 9.17) is 4.99 Å². The van der Waals surface area contributed by atoms with Gasteiger partial charge in [-0.3, -0.25) is 4.99 Å². The van der Waals surface area contributed by atoms with Gasteiger partial charge in [0.15, 0.2) is 0 Å². The van der Waals surface area contributed by atoms with E-state index in [1.807, 2.05) is 30.3 Å². The molecular formula is C23H24N4. The molecule has 4 rings (SSSR count). The number of amidine groups is 1. The van der Waals surface area contributed by atoms with Gasteiger partial charge in [0.2, 0.25) is 0 Å². The molecule has 2 aromatic carbocycles. The molecule has 0 amide bonds. The first-order valence-electron chi connectivity index (χ1n) is 9.69. The molecule has 0 unspecified atom stereocenters. The van der Waals surface area contributed by atoms with Gasteiger partial charge in [-0.05, 0) is 37.6 Å². The van der Waals surface area contributed by atoms with E-state index >= 15 is 0 Å². The number of nitrogens with zero attached hydrogens (tertiary/aromatic N) is 3. The van der Waals surface area contributed by atoms with E-state index in [0.29, 0.717) is 0 Å². The molecule has 4 heteroatoms. The lowest BCUT2D eigenvalue weighted by Gasteiger charge is -2.25. The lowest BCUT2D eigenvalue weighted by molar-refractivity contribution is 0.235. The molecule has 0 saturated carbocycles. The SMILES string of the molecule is N#C/C=C1/c2ccccc2NC(=NCCN2CCCCC2)c2ccccc21. The van der Waals surface area contributed by atoms with Gasteiger partial charge in [-0.1, -0.05) is 48.9 Å². The molecule has 0 radical (unpaired) electrons. The van der Waals surface area contributed by atoms with Crippen LogP contribution < -0.4 is 5.32 Å². The third-order valence-corrected chi connectivity index (χ3v) is 5.29. The van der Waals surface area contributed by atoms with Crippen LogP contribution >= 0.6 is 0 Å². The highest BCUT2D eigenvalue weighted by Crippen LogP contribution is 2.35. The molecule has 2 aromatic rings. The van der Waals surface area contributed by atoms with Crippen LogP contribution in [0.3, 0.4) is 0 Å². The van der Waals surface area contributed by atoms with Crippen molar-refractivity contribution < 1.29 is 0 Å². The quantitative estimate of drug-likeness (QED) is 0.834. The van der Waals surface area contributed by atoms with Crippen molar-refractivity contribution in [3.63, 3.8) is 0 Å². The Morgan fingerprint density at radius 1 is 0.963 bits per heavy atom. The predicted octanol–water partition coefficient (Wildman–Crippen LogP) is 4.30. The third-order valence-electron chi connectivity index (χ3n) is 5.29. The number of piperidine rings is 1. The fraction of sp³-hybridized carbons (Fsp3) is 0.304. The maximum atomic E-state index is 9.33.